The molecule has 0 aliphatic rings. The fraction of sp³-hybridized carbons (Fsp3) is 0.545. The van der Waals surface area contributed by atoms with Crippen molar-refractivity contribution >= 4 is 17.6 Å². The number of rotatable bonds is 5. The highest BCUT2D eigenvalue weighted by atomic mass is 32.2. The molecule has 1 atom stereocenters. The number of hydrogen-bond acceptors (Lipinski definition) is 4. The van der Waals surface area contributed by atoms with Crippen molar-refractivity contribution in [2.24, 2.45) is 5.73 Å². The highest BCUT2D eigenvalue weighted by molar-refractivity contribution is 7.98. The van der Waals surface area contributed by atoms with Crippen molar-refractivity contribution in [3.8, 4) is 0 Å². The maximum atomic E-state index is 5.91. The van der Waals surface area contributed by atoms with E-state index in [1.165, 1.54) is 0 Å². The van der Waals surface area contributed by atoms with Gasteiger partial charge in [-0.25, -0.2) is 4.98 Å². The summed E-state index contributed by atoms with van der Waals surface area (Å²) in [6.07, 6.45) is 3.93. The SMILES string of the molecule is CSCCN(C)c1ncccc1[C@@H](C)N. The zero-order valence-electron chi connectivity index (χ0n) is 9.60. The molecule has 2 N–H and O–H groups in total. The molecule has 1 heterocycles. The summed E-state index contributed by atoms with van der Waals surface area (Å²) in [6, 6.07) is 4.01. The highest BCUT2D eigenvalue weighted by Crippen LogP contribution is 2.21. The molecule has 4 heteroatoms. The number of pyridine rings is 1. The van der Waals surface area contributed by atoms with Crippen molar-refractivity contribution in [1.82, 2.24) is 4.98 Å². The molecule has 0 aliphatic carbocycles. The first-order valence-electron chi connectivity index (χ1n) is 5.07. The van der Waals surface area contributed by atoms with E-state index in [-0.39, 0.29) is 6.04 Å². The first kappa shape index (κ1) is 12.3. The number of nitrogens with two attached hydrogens (primary N) is 1. The van der Waals surface area contributed by atoms with Crippen molar-refractivity contribution in [2.75, 3.05) is 30.5 Å². The molecule has 0 radical (unpaired) electrons. The van der Waals surface area contributed by atoms with E-state index in [0.717, 1.165) is 23.7 Å². The normalized spacial score (nSPS) is 12.5. The van der Waals surface area contributed by atoms with Gasteiger partial charge in [-0.05, 0) is 19.2 Å². The third kappa shape index (κ3) is 3.39. The Hall–Kier alpha value is -0.740. The van der Waals surface area contributed by atoms with Crippen LogP contribution in [0.3, 0.4) is 0 Å². The molecule has 0 fully saturated rings. The molecule has 3 nitrogen and oxygen atoms in total. The molecule has 0 bridgehead atoms. The second kappa shape index (κ2) is 5.98. The average Bonchev–Trinajstić information content (AvgIpc) is 2.25. The Balaban J connectivity index is 2.82. The largest absolute Gasteiger partial charge is 0.359 e. The maximum Gasteiger partial charge on any atom is 0.133 e. The van der Waals surface area contributed by atoms with E-state index in [4.69, 9.17) is 5.73 Å². The van der Waals surface area contributed by atoms with Crippen molar-refractivity contribution in [3.05, 3.63) is 23.9 Å². The minimum Gasteiger partial charge on any atom is -0.359 e. The molecular weight excluding hydrogens is 206 g/mol. The molecular formula is C11H19N3S. The Labute approximate surface area is 96.1 Å². The predicted molar refractivity (Wildman–Crippen MR) is 68.5 cm³/mol. The van der Waals surface area contributed by atoms with Crippen LogP contribution in [0.25, 0.3) is 0 Å². The van der Waals surface area contributed by atoms with E-state index in [1.54, 1.807) is 0 Å². The van der Waals surface area contributed by atoms with Crippen LogP contribution in [0.2, 0.25) is 0 Å². The van der Waals surface area contributed by atoms with Gasteiger partial charge in [0.25, 0.3) is 0 Å². The zero-order valence-corrected chi connectivity index (χ0v) is 10.4. The lowest BCUT2D eigenvalue weighted by molar-refractivity contribution is 0.796. The summed E-state index contributed by atoms with van der Waals surface area (Å²) in [4.78, 5) is 6.55. The maximum absolute atomic E-state index is 5.91. The molecule has 0 saturated heterocycles. The summed E-state index contributed by atoms with van der Waals surface area (Å²) in [7, 11) is 2.06. The van der Waals surface area contributed by atoms with Crippen molar-refractivity contribution in [1.29, 1.82) is 0 Å². The molecule has 0 amide bonds. The summed E-state index contributed by atoms with van der Waals surface area (Å²) in [6.45, 7) is 2.99. The lowest BCUT2D eigenvalue weighted by atomic mass is 10.1. The van der Waals surface area contributed by atoms with Gasteiger partial charge in [-0.15, -0.1) is 0 Å². The minimum atomic E-state index is 0.0328. The van der Waals surface area contributed by atoms with Gasteiger partial charge in [0.15, 0.2) is 0 Å². The summed E-state index contributed by atoms with van der Waals surface area (Å²) in [5, 5.41) is 0. The number of nitrogens with zero attached hydrogens (tertiary/aromatic N) is 2. The second-order valence-electron chi connectivity index (χ2n) is 3.62. The lowest BCUT2D eigenvalue weighted by Crippen LogP contribution is -2.24. The van der Waals surface area contributed by atoms with Gasteiger partial charge in [0.05, 0.1) is 0 Å². The van der Waals surface area contributed by atoms with E-state index in [9.17, 15) is 0 Å². The van der Waals surface area contributed by atoms with E-state index in [0.29, 0.717) is 0 Å². The fourth-order valence-electron chi connectivity index (χ4n) is 1.42. The minimum absolute atomic E-state index is 0.0328. The quantitative estimate of drug-likeness (QED) is 0.831. The van der Waals surface area contributed by atoms with Gasteiger partial charge in [-0.1, -0.05) is 6.07 Å². The van der Waals surface area contributed by atoms with E-state index >= 15 is 0 Å². The van der Waals surface area contributed by atoms with Crippen LogP contribution in [-0.4, -0.2) is 30.6 Å². The fourth-order valence-corrected chi connectivity index (χ4v) is 1.87. The summed E-state index contributed by atoms with van der Waals surface area (Å²) in [5.41, 5.74) is 7.02. The van der Waals surface area contributed by atoms with Gasteiger partial charge in [0.2, 0.25) is 0 Å². The molecule has 1 aromatic rings. The van der Waals surface area contributed by atoms with Gasteiger partial charge in [-0.2, -0.15) is 11.8 Å². The Kier molecular flexibility index (Phi) is 4.91. The average molecular weight is 225 g/mol. The van der Waals surface area contributed by atoms with Crippen LogP contribution in [0.15, 0.2) is 18.3 Å². The molecule has 0 aromatic carbocycles. The Bertz CT molecular complexity index is 302. The van der Waals surface area contributed by atoms with Gasteiger partial charge in [0.1, 0.15) is 5.82 Å². The number of thioether (sulfide) groups is 1. The Morgan fingerprint density at radius 1 is 1.60 bits per heavy atom. The van der Waals surface area contributed by atoms with Gasteiger partial charge in [0, 0.05) is 37.1 Å². The van der Waals surface area contributed by atoms with Crippen LogP contribution in [0, 0.1) is 0 Å². The molecule has 0 saturated carbocycles. The first-order chi connectivity index (χ1) is 7.16. The molecule has 0 spiro atoms. The molecule has 15 heavy (non-hydrogen) atoms. The third-order valence-corrected chi connectivity index (χ3v) is 2.89. The number of hydrogen-bond donors (Lipinski definition) is 1. The topological polar surface area (TPSA) is 42.2 Å². The van der Waals surface area contributed by atoms with E-state index in [1.807, 2.05) is 37.0 Å². The second-order valence-corrected chi connectivity index (χ2v) is 4.60. The zero-order chi connectivity index (χ0) is 11.3. The first-order valence-corrected chi connectivity index (χ1v) is 6.46. The lowest BCUT2D eigenvalue weighted by Gasteiger charge is -2.22. The van der Waals surface area contributed by atoms with Crippen molar-refractivity contribution in [3.63, 3.8) is 0 Å². The van der Waals surface area contributed by atoms with Gasteiger partial charge >= 0.3 is 0 Å². The summed E-state index contributed by atoms with van der Waals surface area (Å²) >= 11 is 1.84. The Morgan fingerprint density at radius 3 is 2.93 bits per heavy atom. The van der Waals surface area contributed by atoms with Crippen LogP contribution < -0.4 is 10.6 Å². The third-order valence-electron chi connectivity index (χ3n) is 2.30. The smallest absolute Gasteiger partial charge is 0.133 e. The Morgan fingerprint density at radius 2 is 2.33 bits per heavy atom. The van der Waals surface area contributed by atoms with E-state index < -0.39 is 0 Å². The standard InChI is InChI=1S/C11H19N3S/c1-9(12)10-5-4-6-13-11(10)14(2)7-8-15-3/h4-6,9H,7-8,12H2,1-3H3/t9-/m1/s1. The molecule has 1 aromatic heterocycles. The van der Waals surface area contributed by atoms with Gasteiger partial charge < -0.3 is 10.6 Å². The van der Waals surface area contributed by atoms with Crippen molar-refractivity contribution < 1.29 is 0 Å². The van der Waals surface area contributed by atoms with Crippen LogP contribution in [-0.2, 0) is 0 Å². The molecule has 0 aliphatic heterocycles. The monoisotopic (exact) mass is 225 g/mol. The van der Waals surface area contributed by atoms with E-state index in [2.05, 4.69) is 23.2 Å². The number of aromatic nitrogens is 1. The van der Waals surface area contributed by atoms with Crippen LogP contribution in [0.1, 0.15) is 18.5 Å². The van der Waals surface area contributed by atoms with Crippen molar-refractivity contribution in [2.45, 2.75) is 13.0 Å². The summed E-state index contributed by atoms with van der Waals surface area (Å²) in [5.74, 6) is 2.10. The van der Waals surface area contributed by atoms with Crippen LogP contribution >= 0.6 is 11.8 Å². The highest BCUT2D eigenvalue weighted by Gasteiger charge is 2.10. The van der Waals surface area contributed by atoms with Crippen LogP contribution in [0.5, 0.6) is 0 Å². The predicted octanol–water partition coefficient (Wildman–Crippen LogP) is 1.90. The molecule has 0 unspecified atom stereocenters. The van der Waals surface area contributed by atoms with Gasteiger partial charge in [-0.3, -0.25) is 0 Å². The molecule has 1 rings (SSSR count). The molecule has 84 valence electrons. The summed E-state index contributed by atoms with van der Waals surface area (Å²) < 4.78 is 0. The number of anilines is 1. The van der Waals surface area contributed by atoms with Crippen LogP contribution in [0.4, 0.5) is 5.82 Å².